The maximum atomic E-state index is 12.8. The molecule has 0 amide bonds. The number of methoxy groups -OCH3 is 1. The average Bonchev–Trinajstić information content (AvgIpc) is 3.25. The van der Waals surface area contributed by atoms with Crippen molar-refractivity contribution in [3.63, 3.8) is 0 Å². The number of ether oxygens (including phenoxy) is 1. The SMILES string of the molecule is CCO/N=C(/c1noc(C)n1)c1[nH]c(=O)n(-c2ccccc2OC)c1NC. The molecule has 0 aliphatic carbocycles. The summed E-state index contributed by atoms with van der Waals surface area (Å²) in [5.41, 5.74) is 0.784. The van der Waals surface area contributed by atoms with Gasteiger partial charge in [0.15, 0.2) is 5.71 Å². The van der Waals surface area contributed by atoms with Crippen LogP contribution in [0.5, 0.6) is 5.75 Å². The van der Waals surface area contributed by atoms with Crippen molar-refractivity contribution in [2.75, 3.05) is 26.1 Å². The molecular weight excluding hydrogens is 352 g/mol. The molecule has 27 heavy (non-hydrogen) atoms. The zero-order chi connectivity index (χ0) is 19.4. The number of H-pyrrole nitrogens is 1. The first kappa shape index (κ1) is 18.2. The summed E-state index contributed by atoms with van der Waals surface area (Å²) < 4.78 is 11.9. The van der Waals surface area contributed by atoms with Gasteiger partial charge >= 0.3 is 5.69 Å². The Kier molecular flexibility index (Phi) is 5.25. The van der Waals surface area contributed by atoms with Crippen molar-refractivity contribution in [3.8, 4) is 11.4 Å². The monoisotopic (exact) mass is 372 g/mol. The zero-order valence-corrected chi connectivity index (χ0v) is 15.4. The van der Waals surface area contributed by atoms with Crippen LogP contribution in [-0.2, 0) is 4.84 Å². The molecule has 142 valence electrons. The number of oxime groups is 1. The number of aryl methyl sites for hydroxylation is 1. The number of aromatic amines is 1. The van der Waals surface area contributed by atoms with E-state index < -0.39 is 0 Å². The van der Waals surface area contributed by atoms with E-state index in [0.717, 1.165) is 0 Å². The molecule has 0 radical (unpaired) electrons. The summed E-state index contributed by atoms with van der Waals surface area (Å²) in [5.74, 6) is 1.56. The summed E-state index contributed by atoms with van der Waals surface area (Å²) in [6, 6.07) is 7.18. The molecule has 10 heteroatoms. The molecule has 0 saturated carbocycles. The average molecular weight is 372 g/mol. The number of rotatable bonds is 7. The molecule has 0 unspecified atom stereocenters. The standard InChI is InChI=1S/C17H20N6O4/c1-5-26-21-13(15-19-10(2)27-22-15)14-16(18-3)23(17(24)20-14)11-8-6-7-9-12(11)25-4/h6-9,18H,5H2,1-4H3,(H,20,24)/b21-13+. The van der Waals surface area contributed by atoms with Crippen LogP contribution in [0.25, 0.3) is 5.69 Å². The van der Waals surface area contributed by atoms with Gasteiger partial charge in [0.1, 0.15) is 23.9 Å². The lowest BCUT2D eigenvalue weighted by Crippen LogP contribution is -2.17. The number of aromatic nitrogens is 4. The van der Waals surface area contributed by atoms with Gasteiger partial charge in [0.25, 0.3) is 0 Å². The Balaban J connectivity index is 2.23. The molecule has 0 fully saturated rings. The minimum Gasteiger partial charge on any atom is -0.495 e. The quantitative estimate of drug-likeness (QED) is 0.478. The minimum absolute atomic E-state index is 0.200. The Bertz CT molecular complexity index is 1020. The van der Waals surface area contributed by atoms with E-state index in [1.165, 1.54) is 4.57 Å². The number of para-hydroxylation sites is 2. The zero-order valence-electron chi connectivity index (χ0n) is 15.4. The Morgan fingerprint density at radius 2 is 2.19 bits per heavy atom. The van der Waals surface area contributed by atoms with Crippen LogP contribution >= 0.6 is 0 Å². The topological polar surface area (TPSA) is 120 Å². The van der Waals surface area contributed by atoms with Crippen molar-refractivity contribution in [3.05, 3.63) is 52.2 Å². The number of nitrogens with zero attached hydrogens (tertiary/aromatic N) is 4. The summed E-state index contributed by atoms with van der Waals surface area (Å²) in [4.78, 5) is 24.9. The van der Waals surface area contributed by atoms with Crippen LogP contribution in [0.4, 0.5) is 5.82 Å². The lowest BCUT2D eigenvalue weighted by molar-refractivity contribution is 0.159. The van der Waals surface area contributed by atoms with Crippen LogP contribution in [0.2, 0.25) is 0 Å². The highest BCUT2D eigenvalue weighted by atomic mass is 16.6. The van der Waals surface area contributed by atoms with Gasteiger partial charge < -0.3 is 24.4 Å². The fourth-order valence-corrected chi connectivity index (χ4v) is 2.61. The van der Waals surface area contributed by atoms with Gasteiger partial charge in [0, 0.05) is 14.0 Å². The maximum Gasteiger partial charge on any atom is 0.332 e. The molecule has 0 aliphatic heterocycles. The largest absolute Gasteiger partial charge is 0.495 e. The molecular formula is C17H20N6O4. The van der Waals surface area contributed by atoms with E-state index in [0.29, 0.717) is 35.4 Å². The molecule has 2 aromatic heterocycles. The van der Waals surface area contributed by atoms with Crippen molar-refractivity contribution in [1.29, 1.82) is 0 Å². The third kappa shape index (κ3) is 3.41. The molecule has 1 aromatic carbocycles. The van der Waals surface area contributed by atoms with Gasteiger partial charge in [-0.1, -0.05) is 22.4 Å². The van der Waals surface area contributed by atoms with E-state index in [9.17, 15) is 4.79 Å². The van der Waals surface area contributed by atoms with Crippen LogP contribution in [0.1, 0.15) is 24.3 Å². The minimum atomic E-state index is -0.386. The van der Waals surface area contributed by atoms with Crippen molar-refractivity contribution in [2.45, 2.75) is 13.8 Å². The second-order valence-corrected chi connectivity index (χ2v) is 5.41. The normalized spacial score (nSPS) is 11.5. The third-order valence-electron chi connectivity index (χ3n) is 3.72. The second kappa shape index (κ2) is 7.77. The summed E-state index contributed by atoms with van der Waals surface area (Å²) in [6.45, 7) is 3.80. The molecule has 0 aliphatic rings. The van der Waals surface area contributed by atoms with Crippen molar-refractivity contribution < 1.29 is 14.1 Å². The summed E-state index contributed by atoms with van der Waals surface area (Å²) in [6.07, 6.45) is 0. The Labute approximate surface area is 154 Å². The molecule has 3 rings (SSSR count). The Morgan fingerprint density at radius 3 is 2.81 bits per heavy atom. The summed E-state index contributed by atoms with van der Waals surface area (Å²) >= 11 is 0. The molecule has 2 heterocycles. The Morgan fingerprint density at radius 1 is 1.41 bits per heavy atom. The lowest BCUT2D eigenvalue weighted by atomic mass is 10.2. The van der Waals surface area contributed by atoms with E-state index in [1.54, 1.807) is 40.1 Å². The van der Waals surface area contributed by atoms with Crippen molar-refractivity contribution in [2.24, 2.45) is 5.16 Å². The fourth-order valence-electron chi connectivity index (χ4n) is 2.61. The van der Waals surface area contributed by atoms with E-state index >= 15 is 0 Å². The van der Waals surface area contributed by atoms with Gasteiger partial charge in [-0.15, -0.1) is 0 Å². The number of nitrogens with one attached hydrogen (secondary N) is 2. The fraction of sp³-hybridized carbons (Fsp3) is 0.294. The van der Waals surface area contributed by atoms with Gasteiger partial charge in [-0.3, -0.25) is 0 Å². The predicted octanol–water partition coefficient (Wildman–Crippen LogP) is 1.70. The van der Waals surface area contributed by atoms with Gasteiger partial charge in [-0.25, -0.2) is 9.36 Å². The number of benzene rings is 1. The summed E-state index contributed by atoms with van der Waals surface area (Å²) in [7, 11) is 3.23. The number of hydrogen-bond donors (Lipinski definition) is 2. The number of imidazole rings is 1. The van der Waals surface area contributed by atoms with E-state index in [1.807, 2.05) is 12.1 Å². The number of anilines is 1. The second-order valence-electron chi connectivity index (χ2n) is 5.41. The highest BCUT2D eigenvalue weighted by Crippen LogP contribution is 2.26. The van der Waals surface area contributed by atoms with Crippen LogP contribution in [0.3, 0.4) is 0 Å². The van der Waals surface area contributed by atoms with Gasteiger partial charge in [-0.05, 0) is 19.1 Å². The first-order chi connectivity index (χ1) is 13.1. The predicted molar refractivity (Wildman–Crippen MR) is 98.8 cm³/mol. The first-order valence-electron chi connectivity index (χ1n) is 8.27. The molecule has 3 aromatic rings. The van der Waals surface area contributed by atoms with Gasteiger partial charge in [0.2, 0.25) is 11.7 Å². The molecule has 0 spiro atoms. The number of hydrogen-bond acceptors (Lipinski definition) is 8. The summed E-state index contributed by atoms with van der Waals surface area (Å²) in [5, 5.41) is 11.0. The molecule has 0 atom stereocenters. The van der Waals surface area contributed by atoms with Gasteiger partial charge in [-0.2, -0.15) is 4.98 Å². The molecule has 0 bridgehead atoms. The van der Waals surface area contributed by atoms with Gasteiger partial charge in [0.05, 0.1) is 12.8 Å². The van der Waals surface area contributed by atoms with Crippen LogP contribution in [-0.4, -0.2) is 46.2 Å². The van der Waals surface area contributed by atoms with E-state index in [2.05, 4.69) is 25.6 Å². The molecule has 0 saturated heterocycles. The molecule has 10 nitrogen and oxygen atoms in total. The highest BCUT2D eigenvalue weighted by Gasteiger charge is 2.25. The smallest absolute Gasteiger partial charge is 0.332 e. The van der Waals surface area contributed by atoms with Crippen LogP contribution in [0, 0.1) is 6.92 Å². The Hall–Kier alpha value is -3.56. The van der Waals surface area contributed by atoms with Crippen molar-refractivity contribution in [1.82, 2.24) is 19.7 Å². The van der Waals surface area contributed by atoms with E-state index in [4.69, 9.17) is 14.1 Å². The van der Waals surface area contributed by atoms with Crippen LogP contribution < -0.4 is 15.7 Å². The lowest BCUT2D eigenvalue weighted by Gasteiger charge is -2.12. The van der Waals surface area contributed by atoms with Crippen molar-refractivity contribution >= 4 is 11.5 Å². The third-order valence-corrected chi connectivity index (χ3v) is 3.72. The molecule has 2 N–H and O–H groups in total. The van der Waals surface area contributed by atoms with Crippen LogP contribution in [0.15, 0.2) is 38.7 Å². The maximum absolute atomic E-state index is 12.8. The van der Waals surface area contributed by atoms with E-state index in [-0.39, 0.29) is 17.2 Å². The first-order valence-corrected chi connectivity index (χ1v) is 8.27. The highest BCUT2D eigenvalue weighted by molar-refractivity contribution is 6.12.